The zero-order valence-corrected chi connectivity index (χ0v) is 12.3. The van der Waals surface area contributed by atoms with Crippen molar-refractivity contribution in [3.63, 3.8) is 0 Å². The third kappa shape index (κ3) is 3.28. The Bertz CT molecular complexity index is 407. The lowest BCUT2D eigenvalue weighted by molar-refractivity contribution is 0.0833. The predicted molar refractivity (Wildman–Crippen MR) is 79.4 cm³/mol. The zero-order valence-electron chi connectivity index (χ0n) is 12.3. The number of nitrogens with two attached hydrogens (primary N) is 1. The first-order chi connectivity index (χ1) is 9.15. The van der Waals surface area contributed by atoms with E-state index in [1.54, 1.807) is 7.11 Å². The SMILES string of the molecule is COc1cccc(C(C)N2CCC(C)CC2CN)c1. The Labute approximate surface area is 116 Å². The lowest BCUT2D eigenvalue weighted by atomic mass is 9.90. The van der Waals surface area contributed by atoms with E-state index in [2.05, 4.69) is 36.9 Å². The van der Waals surface area contributed by atoms with Gasteiger partial charge in [0.1, 0.15) is 5.75 Å². The van der Waals surface area contributed by atoms with Gasteiger partial charge in [0, 0.05) is 18.6 Å². The van der Waals surface area contributed by atoms with E-state index in [-0.39, 0.29) is 0 Å². The van der Waals surface area contributed by atoms with Crippen molar-refractivity contribution in [2.75, 3.05) is 20.2 Å². The first-order valence-corrected chi connectivity index (χ1v) is 7.25. The first kappa shape index (κ1) is 14.4. The molecule has 0 spiro atoms. The molecule has 0 amide bonds. The van der Waals surface area contributed by atoms with Crippen molar-refractivity contribution in [3.8, 4) is 5.75 Å². The molecule has 0 aliphatic carbocycles. The third-order valence-corrected chi connectivity index (χ3v) is 4.37. The molecule has 2 N–H and O–H groups in total. The van der Waals surface area contributed by atoms with E-state index in [0.29, 0.717) is 12.1 Å². The minimum Gasteiger partial charge on any atom is -0.497 e. The number of hydrogen-bond donors (Lipinski definition) is 1. The highest BCUT2D eigenvalue weighted by molar-refractivity contribution is 5.30. The summed E-state index contributed by atoms with van der Waals surface area (Å²) >= 11 is 0. The van der Waals surface area contributed by atoms with Gasteiger partial charge >= 0.3 is 0 Å². The summed E-state index contributed by atoms with van der Waals surface area (Å²) in [5, 5.41) is 0. The standard InChI is InChI=1S/C16H26N2O/c1-12-7-8-18(15(9-12)11-17)13(2)14-5-4-6-16(10-14)19-3/h4-6,10,12-13,15H,7-9,11,17H2,1-3H3. The average Bonchev–Trinajstić information content (AvgIpc) is 2.46. The molecule has 3 unspecified atom stereocenters. The second-order valence-corrected chi connectivity index (χ2v) is 5.71. The summed E-state index contributed by atoms with van der Waals surface area (Å²) in [6.45, 7) is 6.49. The van der Waals surface area contributed by atoms with Crippen molar-refractivity contribution in [1.29, 1.82) is 0 Å². The van der Waals surface area contributed by atoms with E-state index in [1.807, 2.05) is 6.07 Å². The topological polar surface area (TPSA) is 38.5 Å². The fraction of sp³-hybridized carbons (Fsp3) is 0.625. The summed E-state index contributed by atoms with van der Waals surface area (Å²) in [6, 6.07) is 9.28. The Balaban J connectivity index is 2.15. The van der Waals surface area contributed by atoms with Crippen LogP contribution in [0, 0.1) is 5.92 Å². The van der Waals surface area contributed by atoms with Gasteiger partial charge in [-0.15, -0.1) is 0 Å². The van der Waals surface area contributed by atoms with Crippen LogP contribution >= 0.6 is 0 Å². The quantitative estimate of drug-likeness (QED) is 0.907. The molecule has 0 radical (unpaired) electrons. The van der Waals surface area contributed by atoms with Gasteiger partial charge in [0.15, 0.2) is 0 Å². The molecule has 1 aliphatic heterocycles. The van der Waals surface area contributed by atoms with E-state index in [0.717, 1.165) is 24.8 Å². The van der Waals surface area contributed by atoms with Crippen LogP contribution in [0.15, 0.2) is 24.3 Å². The maximum Gasteiger partial charge on any atom is 0.119 e. The molecular formula is C16H26N2O. The smallest absolute Gasteiger partial charge is 0.119 e. The Morgan fingerprint density at radius 1 is 1.47 bits per heavy atom. The van der Waals surface area contributed by atoms with Crippen LogP contribution in [0.2, 0.25) is 0 Å². The van der Waals surface area contributed by atoms with Crippen molar-refractivity contribution in [2.24, 2.45) is 11.7 Å². The second-order valence-electron chi connectivity index (χ2n) is 5.71. The van der Waals surface area contributed by atoms with Crippen LogP contribution in [0.4, 0.5) is 0 Å². The summed E-state index contributed by atoms with van der Waals surface area (Å²) in [5.74, 6) is 1.72. The number of nitrogens with zero attached hydrogens (tertiary/aromatic N) is 1. The van der Waals surface area contributed by atoms with E-state index < -0.39 is 0 Å². The molecule has 19 heavy (non-hydrogen) atoms. The van der Waals surface area contributed by atoms with Gasteiger partial charge in [-0.2, -0.15) is 0 Å². The number of benzene rings is 1. The highest BCUT2D eigenvalue weighted by atomic mass is 16.5. The molecule has 1 aromatic rings. The molecule has 1 aromatic carbocycles. The van der Waals surface area contributed by atoms with Crippen LogP contribution in [0.25, 0.3) is 0 Å². The monoisotopic (exact) mass is 262 g/mol. The number of piperidine rings is 1. The summed E-state index contributed by atoms with van der Waals surface area (Å²) in [5.41, 5.74) is 7.27. The minimum atomic E-state index is 0.399. The van der Waals surface area contributed by atoms with E-state index in [9.17, 15) is 0 Å². The number of likely N-dealkylation sites (tertiary alicyclic amines) is 1. The van der Waals surface area contributed by atoms with Crippen LogP contribution in [-0.2, 0) is 0 Å². The fourth-order valence-corrected chi connectivity index (χ4v) is 3.10. The molecule has 3 nitrogen and oxygen atoms in total. The summed E-state index contributed by atoms with van der Waals surface area (Å²) in [6.07, 6.45) is 2.48. The number of rotatable bonds is 4. The molecule has 1 aliphatic rings. The molecule has 1 saturated heterocycles. The normalized spacial score (nSPS) is 26.1. The van der Waals surface area contributed by atoms with E-state index in [1.165, 1.54) is 18.4 Å². The third-order valence-electron chi connectivity index (χ3n) is 4.37. The Morgan fingerprint density at radius 2 is 2.26 bits per heavy atom. The van der Waals surface area contributed by atoms with Gasteiger partial charge in [0.25, 0.3) is 0 Å². The van der Waals surface area contributed by atoms with Crippen LogP contribution < -0.4 is 10.5 Å². The molecule has 3 atom stereocenters. The van der Waals surface area contributed by atoms with E-state index >= 15 is 0 Å². The van der Waals surface area contributed by atoms with Gasteiger partial charge < -0.3 is 10.5 Å². The number of methoxy groups -OCH3 is 1. The maximum atomic E-state index is 5.96. The number of ether oxygens (including phenoxy) is 1. The van der Waals surface area contributed by atoms with Gasteiger partial charge in [-0.05, 0) is 49.9 Å². The van der Waals surface area contributed by atoms with Crippen molar-refractivity contribution in [1.82, 2.24) is 4.90 Å². The molecule has 0 bridgehead atoms. The largest absolute Gasteiger partial charge is 0.497 e. The molecule has 3 heteroatoms. The summed E-state index contributed by atoms with van der Waals surface area (Å²) in [7, 11) is 1.72. The molecule has 1 heterocycles. The average molecular weight is 262 g/mol. The molecule has 106 valence electrons. The van der Waals surface area contributed by atoms with Crippen LogP contribution in [0.1, 0.15) is 38.3 Å². The van der Waals surface area contributed by atoms with Crippen molar-refractivity contribution in [3.05, 3.63) is 29.8 Å². The molecule has 1 fully saturated rings. The van der Waals surface area contributed by atoms with Crippen LogP contribution in [0.3, 0.4) is 0 Å². The van der Waals surface area contributed by atoms with Gasteiger partial charge in [-0.3, -0.25) is 4.90 Å². The van der Waals surface area contributed by atoms with Gasteiger partial charge in [-0.25, -0.2) is 0 Å². The molecule has 0 saturated carbocycles. The lowest BCUT2D eigenvalue weighted by Gasteiger charge is -2.42. The van der Waals surface area contributed by atoms with Crippen molar-refractivity contribution >= 4 is 0 Å². The van der Waals surface area contributed by atoms with Gasteiger partial charge in [-0.1, -0.05) is 19.1 Å². The minimum absolute atomic E-state index is 0.399. The fourth-order valence-electron chi connectivity index (χ4n) is 3.10. The predicted octanol–water partition coefficient (Wildman–Crippen LogP) is 2.82. The Morgan fingerprint density at radius 3 is 2.95 bits per heavy atom. The van der Waals surface area contributed by atoms with Crippen molar-refractivity contribution in [2.45, 2.75) is 38.8 Å². The molecule has 2 rings (SSSR count). The molecule has 0 aromatic heterocycles. The number of hydrogen-bond acceptors (Lipinski definition) is 3. The maximum absolute atomic E-state index is 5.96. The Hall–Kier alpha value is -1.06. The summed E-state index contributed by atoms with van der Waals surface area (Å²) < 4.78 is 5.32. The first-order valence-electron chi connectivity index (χ1n) is 7.25. The second kappa shape index (κ2) is 6.40. The van der Waals surface area contributed by atoms with Crippen LogP contribution in [-0.4, -0.2) is 31.1 Å². The van der Waals surface area contributed by atoms with Crippen LogP contribution in [0.5, 0.6) is 5.75 Å². The van der Waals surface area contributed by atoms with Gasteiger partial charge in [0.2, 0.25) is 0 Å². The van der Waals surface area contributed by atoms with Gasteiger partial charge in [0.05, 0.1) is 7.11 Å². The highest BCUT2D eigenvalue weighted by Crippen LogP contribution is 2.31. The Kier molecular flexibility index (Phi) is 4.83. The molecular weight excluding hydrogens is 236 g/mol. The zero-order chi connectivity index (χ0) is 13.8. The lowest BCUT2D eigenvalue weighted by Crippen LogP contribution is -2.47. The summed E-state index contributed by atoms with van der Waals surface area (Å²) in [4.78, 5) is 2.55. The van der Waals surface area contributed by atoms with E-state index in [4.69, 9.17) is 10.5 Å². The van der Waals surface area contributed by atoms with Crippen molar-refractivity contribution < 1.29 is 4.74 Å². The highest BCUT2D eigenvalue weighted by Gasteiger charge is 2.29.